The minimum atomic E-state index is -1.88. The molecule has 0 amide bonds. The topological polar surface area (TPSA) is 0 Å². The summed E-state index contributed by atoms with van der Waals surface area (Å²) >= 11 is -1.88. The molecule has 14 heavy (non-hydrogen) atoms. The molecule has 0 saturated heterocycles. The first-order valence-corrected chi connectivity index (χ1v) is 23.1. The first kappa shape index (κ1) is 14.9. The van der Waals surface area contributed by atoms with Gasteiger partial charge in [0, 0.05) is 0 Å². The van der Waals surface area contributed by atoms with Crippen molar-refractivity contribution in [2.75, 3.05) is 0 Å². The van der Waals surface area contributed by atoms with Gasteiger partial charge in [-0.05, 0) is 0 Å². The van der Waals surface area contributed by atoms with Crippen LogP contribution in [0.5, 0.6) is 0 Å². The zero-order valence-electron chi connectivity index (χ0n) is 11.2. The third kappa shape index (κ3) is 7.21. The van der Waals surface area contributed by atoms with Crippen molar-refractivity contribution >= 4 is 29.2 Å². The van der Waals surface area contributed by atoms with Gasteiger partial charge in [-0.2, -0.15) is 0 Å². The van der Waals surface area contributed by atoms with Gasteiger partial charge in [0.1, 0.15) is 0 Å². The van der Waals surface area contributed by atoms with E-state index in [0.29, 0.717) is 0 Å². The number of allylic oxidation sites excluding steroid dienone is 1. The monoisotopic (exact) mass is 408 g/mol. The Morgan fingerprint density at radius 1 is 1.14 bits per heavy atom. The summed E-state index contributed by atoms with van der Waals surface area (Å²) in [6.45, 7) is 9.67. The molecule has 0 aromatic heterocycles. The molecule has 0 aliphatic carbocycles. The summed E-state index contributed by atoms with van der Waals surface area (Å²) in [4.78, 5) is 0. The molecule has 0 spiro atoms. The molecule has 0 bridgehead atoms. The van der Waals surface area contributed by atoms with Gasteiger partial charge in [-0.15, -0.1) is 0 Å². The van der Waals surface area contributed by atoms with Gasteiger partial charge in [0.05, 0.1) is 0 Å². The molecule has 0 N–H and O–H groups in total. The summed E-state index contributed by atoms with van der Waals surface area (Å²) in [5.41, 5.74) is 2.70. The Bertz CT molecular complexity index is 193. The number of hydrogen-bond donors (Lipinski definition) is 0. The molecular formula is C12H28PbSi. The summed E-state index contributed by atoms with van der Waals surface area (Å²) in [5, 5.41) is 0. The van der Waals surface area contributed by atoms with Gasteiger partial charge < -0.3 is 0 Å². The zero-order valence-corrected chi connectivity index (χ0v) is 16.1. The quantitative estimate of drug-likeness (QED) is 0.571. The van der Waals surface area contributed by atoms with E-state index in [-0.39, 0.29) is 0 Å². The van der Waals surface area contributed by atoms with E-state index in [9.17, 15) is 0 Å². The number of hydrogen-bond acceptors (Lipinski definition) is 0. The molecule has 2 heteroatoms. The van der Waals surface area contributed by atoms with Crippen LogP contribution >= 0.6 is 0 Å². The van der Waals surface area contributed by atoms with Crippen molar-refractivity contribution in [3.8, 4) is 0 Å². The molecule has 0 fully saturated rings. The van der Waals surface area contributed by atoms with E-state index >= 15 is 0 Å². The summed E-state index contributed by atoms with van der Waals surface area (Å²) in [7, 11) is -0.987. The van der Waals surface area contributed by atoms with Crippen LogP contribution in [0.3, 0.4) is 0 Å². The molecule has 0 aliphatic heterocycles. The number of unbranched alkanes of at least 4 members (excludes halogenated alkanes) is 1. The fourth-order valence-corrected chi connectivity index (χ4v) is 16.9. The van der Waals surface area contributed by atoms with E-state index in [1.807, 2.05) is 3.13 Å². The molecule has 0 aromatic rings. The van der Waals surface area contributed by atoms with Gasteiger partial charge in [-0.25, -0.2) is 0 Å². The van der Waals surface area contributed by atoms with Crippen molar-refractivity contribution in [3.05, 3.63) is 8.83 Å². The summed E-state index contributed by atoms with van der Waals surface area (Å²) in [5.74, 6) is 0. The van der Waals surface area contributed by atoms with Gasteiger partial charge in [0.15, 0.2) is 0 Å². The maximum atomic E-state index is 2.70. The van der Waals surface area contributed by atoms with Gasteiger partial charge >= 0.3 is 97.4 Å². The van der Waals surface area contributed by atoms with Crippen LogP contribution in [0, 0.1) is 0 Å². The molecule has 0 heterocycles. The van der Waals surface area contributed by atoms with Gasteiger partial charge in [0.25, 0.3) is 0 Å². The first-order chi connectivity index (χ1) is 6.17. The summed E-state index contributed by atoms with van der Waals surface area (Å²) < 4.78 is 9.59. The Hall–Kier alpha value is 0.879. The average molecular weight is 408 g/mol. The average Bonchev–Trinajstić information content (AvgIpc) is 1.93. The van der Waals surface area contributed by atoms with E-state index in [2.05, 4.69) is 45.7 Å². The van der Waals surface area contributed by atoms with Crippen molar-refractivity contribution in [1.29, 1.82) is 0 Å². The zero-order chi connectivity index (χ0) is 11.4. The molecule has 0 unspecified atom stereocenters. The molecule has 84 valence electrons. The Labute approximate surface area is 96.8 Å². The van der Waals surface area contributed by atoms with Crippen LogP contribution in [0.15, 0.2) is 8.83 Å². The number of rotatable bonds is 5. The molecule has 0 atom stereocenters. The second kappa shape index (κ2) is 5.83. The van der Waals surface area contributed by atoms with Crippen LogP contribution in [0.1, 0.15) is 26.2 Å². The molecule has 0 nitrogen and oxygen atoms in total. The third-order valence-corrected chi connectivity index (χ3v) is 13.7. The maximum absolute atomic E-state index is 2.70. The second-order valence-electron chi connectivity index (χ2n) is 6.39. The molecule has 0 aromatic carbocycles. The fourth-order valence-electron chi connectivity index (χ4n) is 1.55. The standard InChI is InChI=1S/C9H19Si.3CH3.Pb/c1-5-6-7-8-9-10(2,3)4;;;;/h9H,5-7H2,1-4H3;3*1H3;. The van der Waals surface area contributed by atoms with Crippen molar-refractivity contribution < 1.29 is 0 Å². The van der Waals surface area contributed by atoms with Crippen LogP contribution in [0.2, 0.25) is 33.1 Å². The van der Waals surface area contributed by atoms with Crippen LogP contribution in [0.4, 0.5) is 0 Å². The van der Waals surface area contributed by atoms with Crippen LogP contribution in [-0.4, -0.2) is 29.2 Å². The molecule has 0 saturated carbocycles. The molecule has 0 radical (unpaired) electrons. The third-order valence-electron chi connectivity index (χ3n) is 2.37. The van der Waals surface area contributed by atoms with E-state index in [1.165, 1.54) is 19.3 Å². The van der Waals surface area contributed by atoms with Crippen molar-refractivity contribution in [2.45, 2.75) is 59.3 Å². The van der Waals surface area contributed by atoms with Crippen molar-refractivity contribution in [1.82, 2.24) is 0 Å². The Balaban J connectivity index is 4.65. The van der Waals surface area contributed by atoms with Crippen LogP contribution in [-0.2, 0) is 0 Å². The molecular weight excluding hydrogens is 379 g/mol. The molecule has 0 aliphatic rings. The Morgan fingerprint density at radius 2 is 1.64 bits per heavy atom. The predicted molar refractivity (Wildman–Crippen MR) is 74.3 cm³/mol. The van der Waals surface area contributed by atoms with Gasteiger partial charge in [-0.3, -0.25) is 0 Å². The van der Waals surface area contributed by atoms with Crippen molar-refractivity contribution in [3.63, 3.8) is 0 Å². The van der Waals surface area contributed by atoms with Crippen molar-refractivity contribution in [2.24, 2.45) is 0 Å². The minimum absolute atomic E-state index is 0.987. The van der Waals surface area contributed by atoms with Crippen LogP contribution < -0.4 is 0 Å². The second-order valence-corrected chi connectivity index (χ2v) is 31.4. The normalized spacial score (nSPS) is 14.6. The fraction of sp³-hybridized carbons (Fsp3) is 0.833. The summed E-state index contributed by atoms with van der Waals surface area (Å²) in [6.07, 6.45) is 4.13. The summed E-state index contributed by atoms with van der Waals surface area (Å²) in [6, 6.07) is 0. The SMILES string of the molecule is CCCC/[C](=C/[Si](C)(C)C)[Pb]([CH3])([CH3])[CH3]. The van der Waals surface area contributed by atoms with Gasteiger partial charge in [0.2, 0.25) is 0 Å². The van der Waals surface area contributed by atoms with E-state index in [4.69, 9.17) is 0 Å². The van der Waals surface area contributed by atoms with E-state index < -0.39 is 29.2 Å². The first-order valence-electron chi connectivity index (χ1n) is 5.89. The van der Waals surface area contributed by atoms with E-state index in [1.54, 1.807) is 0 Å². The molecule has 0 rings (SSSR count). The van der Waals surface area contributed by atoms with Gasteiger partial charge in [-0.1, -0.05) is 0 Å². The van der Waals surface area contributed by atoms with Crippen LogP contribution in [0.25, 0.3) is 0 Å². The predicted octanol–water partition coefficient (Wildman–Crippen LogP) is 4.86. The Kier molecular flexibility index (Phi) is 6.19. The Morgan fingerprint density at radius 3 is 1.93 bits per heavy atom. The van der Waals surface area contributed by atoms with E-state index in [0.717, 1.165) is 0 Å².